The highest BCUT2D eigenvalue weighted by molar-refractivity contribution is 5.77. The molecule has 2 aliphatic carbocycles. The molecule has 4 heterocycles. The Hall–Kier alpha value is -4.03. The molecule has 3 aliphatic rings. The highest BCUT2D eigenvalue weighted by atomic mass is 16.1. The molecule has 0 radical (unpaired) electrons. The summed E-state index contributed by atoms with van der Waals surface area (Å²) in [7, 11) is 0. The zero-order valence-electron chi connectivity index (χ0n) is 21.0. The van der Waals surface area contributed by atoms with Crippen molar-refractivity contribution in [3.63, 3.8) is 0 Å². The number of rotatable bonds is 5. The Balaban J connectivity index is 1.32. The van der Waals surface area contributed by atoms with E-state index in [-0.39, 0.29) is 17.0 Å². The summed E-state index contributed by atoms with van der Waals surface area (Å²) in [6.45, 7) is 6.27. The minimum atomic E-state index is -0.513. The smallest absolute Gasteiger partial charge is 0.278 e. The molecule has 0 atom stereocenters. The van der Waals surface area contributed by atoms with Crippen LogP contribution in [0.3, 0.4) is 0 Å². The van der Waals surface area contributed by atoms with E-state index in [0.717, 1.165) is 55.8 Å². The number of fused-ring (bicyclic) bond motifs is 2. The van der Waals surface area contributed by atoms with Gasteiger partial charge in [-0.3, -0.25) is 9.78 Å². The third-order valence-corrected chi connectivity index (χ3v) is 7.93. The van der Waals surface area contributed by atoms with Crippen LogP contribution in [0.25, 0.3) is 16.7 Å². The van der Waals surface area contributed by atoms with Crippen LogP contribution in [0.2, 0.25) is 0 Å². The van der Waals surface area contributed by atoms with Gasteiger partial charge in [-0.25, -0.2) is 14.3 Å². The van der Waals surface area contributed by atoms with Gasteiger partial charge in [0.15, 0.2) is 5.65 Å². The molecule has 9 nitrogen and oxygen atoms in total. The summed E-state index contributed by atoms with van der Waals surface area (Å²) < 4.78 is 3.68. The zero-order valence-corrected chi connectivity index (χ0v) is 21.0. The lowest BCUT2D eigenvalue weighted by molar-refractivity contribution is 0.435. The van der Waals surface area contributed by atoms with E-state index in [0.29, 0.717) is 17.0 Å². The Morgan fingerprint density at radius 2 is 2.00 bits per heavy atom. The van der Waals surface area contributed by atoms with Gasteiger partial charge in [0.25, 0.3) is 5.56 Å². The zero-order chi connectivity index (χ0) is 25.4. The molecule has 0 amide bonds. The standard InChI is InChI=1S/C28H28N8O/c1-27(2)16-30-13-17-11-18(3-6-22(17)27)33-26-32-14-21-24(34-26)35(36(25(21)37)19-4-5-19)20-7-10-31-23(12-20)28(15-29)8-9-28/h3,6-7,10-12,14,19,30H,4-5,8-9,13,16H2,1-2H3,(H,32,33,34). The summed E-state index contributed by atoms with van der Waals surface area (Å²) in [5.74, 6) is 0.433. The topological polar surface area (TPSA) is 113 Å². The first-order valence-corrected chi connectivity index (χ1v) is 12.9. The molecular weight excluding hydrogens is 464 g/mol. The van der Waals surface area contributed by atoms with Crippen molar-refractivity contribution < 1.29 is 0 Å². The van der Waals surface area contributed by atoms with Gasteiger partial charge in [0.1, 0.15) is 5.39 Å². The average Bonchev–Trinajstić information content (AvgIpc) is 3.82. The summed E-state index contributed by atoms with van der Waals surface area (Å²) in [5.41, 5.74) is 5.08. The predicted molar refractivity (Wildman–Crippen MR) is 140 cm³/mol. The van der Waals surface area contributed by atoms with Crippen LogP contribution in [0.5, 0.6) is 0 Å². The van der Waals surface area contributed by atoms with Gasteiger partial charge in [0.2, 0.25) is 5.95 Å². The fraction of sp³-hybridized carbons (Fsp3) is 0.393. The highest BCUT2D eigenvalue weighted by Gasteiger charge is 2.46. The van der Waals surface area contributed by atoms with Crippen molar-refractivity contribution in [3.8, 4) is 11.8 Å². The maximum Gasteiger partial charge on any atom is 0.278 e. The first-order chi connectivity index (χ1) is 17.9. The van der Waals surface area contributed by atoms with E-state index in [9.17, 15) is 10.1 Å². The molecule has 0 bridgehead atoms. The maximum absolute atomic E-state index is 13.4. The maximum atomic E-state index is 13.4. The van der Waals surface area contributed by atoms with Gasteiger partial charge in [-0.1, -0.05) is 19.9 Å². The van der Waals surface area contributed by atoms with Gasteiger partial charge in [-0.05, 0) is 61.1 Å². The monoisotopic (exact) mass is 492 g/mol. The molecule has 37 heavy (non-hydrogen) atoms. The fourth-order valence-electron chi connectivity index (χ4n) is 5.53. The normalized spacial score (nSPS) is 19.3. The Morgan fingerprint density at radius 1 is 1.16 bits per heavy atom. The number of aromatic nitrogens is 5. The van der Waals surface area contributed by atoms with Gasteiger partial charge in [0.05, 0.1) is 28.9 Å². The van der Waals surface area contributed by atoms with Gasteiger partial charge < -0.3 is 10.6 Å². The molecule has 7 rings (SSSR count). The van der Waals surface area contributed by atoms with Crippen molar-refractivity contribution in [2.75, 3.05) is 11.9 Å². The molecule has 4 aromatic rings. The summed E-state index contributed by atoms with van der Waals surface area (Å²) >= 11 is 0. The SMILES string of the molecule is CC1(C)CNCc2cc(Nc3ncc4c(=O)n(C5CC5)n(-c5ccnc(C6(C#N)CC6)c5)c4n3)ccc21. The average molecular weight is 493 g/mol. The number of nitriles is 1. The van der Waals surface area contributed by atoms with Crippen LogP contribution in [-0.2, 0) is 17.4 Å². The van der Waals surface area contributed by atoms with Crippen LogP contribution >= 0.6 is 0 Å². The van der Waals surface area contributed by atoms with Gasteiger partial charge in [0, 0.05) is 36.6 Å². The van der Waals surface area contributed by atoms with Gasteiger partial charge >= 0.3 is 0 Å². The van der Waals surface area contributed by atoms with Crippen LogP contribution < -0.4 is 16.2 Å². The number of hydrogen-bond acceptors (Lipinski definition) is 7. The number of benzene rings is 1. The third-order valence-electron chi connectivity index (χ3n) is 7.93. The minimum Gasteiger partial charge on any atom is -0.324 e. The van der Waals surface area contributed by atoms with Crippen LogP contribution in [0.1, 0.15) is 62.4 Å². The molecule has 1 aromatic carbocycles. The van der Waals surface area contributed by atoms with E-state index in [1.165, 1.54) is 11.1 Å². The first kappa shape index (κ1) is 22.2. The van der Waals surface area contributed by atoms with Gasteiger partial charge in [-0.2, -0.15) is 10.2 Å². The van der Waals surface area contributed by atoms with Crippen molar-refractivity contribution in [3.05, 3.63) is 69.9 Å². The lowest BCUT2D eigenvalue weighted by Crippen LogP contribution is -2.38. The van der Waals surface area contributed by atoms with Crippen LogP contribution in [0.15, 0.2) is 47.5 Å². The molecule has 2 fully saturated rings. The molecule has 9 heteroatoms. The lowest BCUT2D eigenvalue weighted by atomic mass is 9.79. The van der Waals surface area contributed by atoms with E-state index in [4.69, 9.17) is 4.98 Å². The van der Waals surface area contributed by atoms with Crippen molar-refractivity contribution in [1.82, 2.24) is 29.6 Å². The van der Waals surface area contributed by atoms with Crippen molar-refractivity contribution in [1.29, 1.82) is 5.26 Å². The Bertz CT molecular complexity index is 1670. The highest BCUT2D eigenvalue weighted by Crippen LogP contribution is 2.47. The summed E-state index contributed by atoms with van der Waals surface area (Å²) in [6, 6.07) is 12.8. The quantitative estimate of drug-likeness (QED) is 0.433. The van der Waals surface area contributed by atoms with Crippen molar-refractivity contribution >= 4 is 22.7 Å². The second-order valence-corrected chi connectivity index (χ2v) is 11.2. The van der Waals surface area contributed by atoms with Crippen molar-refractivity contribution in [2.45, 2.75) is 62.9 Å². The van der Waals surface area contributed by atoms with E-state index in [2.05, 4.69) is 58.7 Å². The van der Waals surface area contributed by atoms with E-state index in [1.54, 1.807) is 17.1 Å². The number of pyridine rings is 1. The van der Waals surface area contributed by atoms with Crippen molar-refractivity contribution in [2.24, 2.45) is 0 Å². The van der Waals surface area contributed by atoms with E-state index >= 15 is 0 Å². The van der Waals surface area contributed by atoms with E-state index in [1.807, 2.05) is 16.8 Å². The molecule has 0 unspecified atom stereocenters. The summed E-state index contributed by atoms with van der Waals surface area (Å²) in [4.78, 5) is 27.2. The Morgan fingerprint density at radius 3 is 2.76 bits per heavy atom. The fourth-order valence-corrected chi connectivity index (χ4v) is 5.53. The summed E-state index contributed by atoms with van der Waals surface area (Å²) in [5, 5.41) is 17.0. The minimum absolute atomic E-state index is 0.0807. The third kappa shape index (κ3) is 3.55. The van der Waals surface area contributed by atoms with Crippen LogP contribution in [0.4, 0.5) is 11.6 Å². The lowest BCUT2D eigenvalue weighted by Gasteiger charge is -2.33. The largest absolute Gasteiger partial charge is 0.324 e. The summed E-state index contributed by atoms with van der Waals surface area (Å²) in [6.07, 6.45) is 6.86. The molecule has 2 N–H and O–H groups in total. The van der Waals surface area contributed by atoms with Crippen LogP contribution in [0, 0.1) is 11.3 Å². The predicted octanol–water partition coefficient (Wildman–Crippen LogP) is 3.99. The number of nitrogens with zero attached hydrogens (tertiary/aromatic N) is 6. The van der Waals surface area contributed by atoms with Crippen LogP contribution in [-0.4, -0.2) is 30.9 Å². The molecule has 2 saturated carbocycles. The molecule has 0 spiro atoms. The number of anilines is 2. The molecule has 186 valence electrons. The number of nitrogens with one attached hydrogen (secondary N) is 2. The number of hydrogen-bond donors (Lipinski definition) is 2. The molecule has 0 saturated heterocycles. The second-order valence-electron chi connectivity index (χ2n) is 11.2. The molecule has 1 aliphatic heterocycles. The first-order valence-electron chi connectivity index (χ1n) is 12.9. The molecule has 3 aromatic heterocycles. The van der Waals surface area contributed by atoms with Gasteiger partial charge in [-0.15, -0.1) is 0 Å². The van der Waals surface area contributed by atoms with E-state index < -0.39 is 5.41 Å². The Labute approximate surface area is 214 Å². The second kappa shape index (κ2) is 7.73. The molecular formula is C28H28N8O. The Kier molecular flexibility index (Phi) is 4.64.